The topological polar surface area (TPSA) is 70.1 Å². The van der Waals surface area contributed by atoms with Gasteiger partial charge in [0.2, 0.25) is 0 Å². The summed E-state index contributed by atoms with van der Waals surface area (Å²) in [5.74, 6) is -0.529. The maximum atomic E-state index is 12.0. The molecule has 5 nitrogen and oxygen atoms in total. The monoisotopic (exact) mass is 313 g/mol. The van der Waals surface area contributed by atoms with E-state index in [-0.39, 0.29) is 17.9 Å². The average Bonchev–Trinajstić information content (AvgIpc) is 2.61. The smallest absolute Gasteiger partial charge is 0.340 e. The van der Waals surface area contributed by atoms with Gasteiger partial charge < -0.3 is 10.5 Å². The Morgan fingerprint density at radius 3 is 2.70 bits per heavy atom. The van der Waals surface area contributed by atoms with Gasteiger partial charge in [0.05, 0.1) is 11.3 Å². The summed E-state index contributed by atoms with van der Waals surface area (Å²) >= 11 is 11.8. The molecule has 20 heavy (non-hydrogen) atoms. The third-order valence-corrected chi connectivity index (χ3v) is 3.56. The van der Waals surface area contributed by atoms with Gasteiger partial charge in [-0.3, -0.25) is 4.68 Å². The zero-order chi connectivity index (χ0) is 14.9. The van der Waals surface area contributed by atoms with E-state index in [2.05, 4.69) is 5.10 Å². The number of benzene rings is 1. The highest BCUT2D eigenvalue weighted by atomic mass is 35.5. The van der Waals surface area contributed by atoms with Crippen LogP contribution >= 0.6 is 23.2 Å². The number of esters is 1. The van der Waals surface area contributed by atoms with E-state index in [0.29, 0.717) is 15.7 Å². The summed E-state index contributed by atoms with van der Waals surface area (Å²) in [4.78, 5) is 12.0. The Labute approximate surface area is 126 Å². The summed E-state index contributed by atoms with van der Waals surface area (Å²) in [6.45, 7) is 1.84. The van der Waals surface area contributed by atoms with E-state index in [0.717, 1.165) is 5.69 Å². The van der Waals surface area contributed by atoms with Crippen molar-refractivity contribution in [2.24, 2.45) is 7.05 Å². The molecule has 0 unspecified atom stereocenters. The molecule has 0 spiro atoms. The van der Waals surface area contributed by atoms with Gasteiger partial charge in [-0.2, -0.15) is 5.10 Å². The van der Waals surface area contributed by atoms with Crippen LogP contribution in [-0.4, -0.2) is 15.7 Å². The number of aromatic nitrogens is 2. The highest BCUT2D eigenvalue weighted by molar-refractivity contribution is 6.31. The zero-order valence-electron chi connectivity index (χ0n) is 11.0. The lowest BCUT2D eigenvalue weighted by atomic mass is 10.2. The number of nitrogen functional groups attached to an aromatic ring is 1. The quantitative estimate of drug-likeness (QED) is 0.698. The maximum absolute atomic E-state index is 12.0. The Morgan fingerprint density at radius 1 is 1.45 bits per heavy atom. The highest BCUT2D eigenvalue weighted by Gasteiger charge is 2.16. The van der Waals surface area contributed by atoms with Crippen LogP contribution in [0.15, 0.2) is 18.2 Å². The van der Waals surface area contributed by atoms with Crippen molar-refractivity contribution >= 4 is 34.9 Å². The van der Waals surface area contributed by atoms with Crippen LogP contribution in [0.2, 0.25) is 10.2 Å². The predicted molar refractivity (Wildman–Crippen MR) is 77.9 cm³/mol. The Bertz CT molecular complexity index is 668. The number of anilines is 1. The van der Waals surface area contributed by atoms with E-state index < -0.39 is 5.97 Å². The molecule has 0 atom stereocenters. The second kappa shape index (κ2) is 5.73. The van der Waals surface area contributed by atoms with Gasteiger partial charge >= 0.3 is 5.97 Å². The number of halogens is 2. The van der Waals surface area contributed by atoms with Gasteiger partial charge in [-0.05, 0) is 25.1 Å². The summed E-state index contributed by atoms with van der Waals surface area (Å²) in [5, 5.41) is 5.05. The lowest BCUT2D eigenvalue weighted by Crippen LogP contribution is -2.08. The molecule has 1 heterocycles. The molecule has 0 saturated carbocycles. The Hall–Kier alpha value is -1.72. The van der Waals surface area contributed by atoms with E-state index in [1.165, 1.54) is 16.8 Å². The van der Waals surface area contributed by atoms with Crippen molar-refractivity contribution in [2.75, 3.05) is 5.73 Å². The summed E-state index contributed by atoms with van der Waals surface area (Å²) in [6, 6.07) is 4.61. The van der Waals surface area contributed by atoms with Crippen LogP contribution in [0.25, 0.3) is 0 Å². The van der Waals surface area contributed by atoms with Gasteiger partial charge in [0.25, 0.3) is 0 Å². The second-order valence-corrected chi connectivity index (χ2v) is 5.08. The molecular weight excluding hydrogens is 301 g/mol. The number of nitrogens with two attached hydrogens (primary N) is 1. The molecule has 2 N–H and O–H groups in total. The van der Waals surface area contributed by atoms with Crippen LogP contribution in [-0.2, 0) is 18.4 Å². The van der Waals surface area contributed by atoms with Crippen molar-refractivity contribution in [1.29, 1.82) is 0 Å². The summed E-state index contributed by atoms with van der Waals surface area (Å²) in [5.41, 5.74) is 7.67. The molecule has 0 radical (unpaired) electrons. The van der Waals surface area contributed by atoms with Crippen molar-refractivity contribution in [3.63, 3.8) is 0 Å². The highest BCUT2D eigenvalue weighted by Crippen LogP contribution is 2.22. The molecule has 106 valence electrons. The maximum Gasteiger partial charge on any atom is 0.340 e. The van der Waals surface area contributed by atoms with Crippen LogP contribution < -0.4 is 5.73 Å². The van der Waals surface area contributed by atoms with Crippen LogP contribution in [0.1, 0.15) is 21.6 Å². The number of hydrogen-bond donors (Lipinski definition) is 1. The summed E-state index contributed by atoms with van der Waals surface area (Å²) in [6.07, 6.45) is 0. The van der Waals surface area contributed by atoms with E-state index in [1.807, 2.05) is 0 Å². The Kier molecular flexibility index (Phi) is 4.20. The largest absolute Gasteiger partial charge is 0.457 e. The third kappa shape index (κ3) is 2.89. The normalized spacial score (nSPS) is 10.6. The van der Waals surface area contributed by atoms with E-state index in [4.69, 9.17) is 33.7 Å². The first-order valence-electron chi connectivity index (χ1n) is 5.80. The molecule has 0 bridgehead atoms. The zero-order valence-corrected chi connectivity index (χ0v) is 12.5. The standard InChI is InChI=1S/C13H13Cl2N3O2/c1-7-10(12(15)18(2)17-7)6-20-13(19)9-4-3-8(14)5-11(9)16/h3-5H,6,16H2,1-2H3. The molecule has 0 saturated heterocycles. The lowest BCUT2D eigenvalue weighted by molar-refractivity contribution is 0.0473. The molecule has 0 aliphatic heterocycles. The fourth-order valence-corrected chi connectivity index (χ4v) is 2.18. The number of aryl methyl sites for hydroxylation is 2. The van der Waals surface area contributed by atoms with Gasteiger partial charge in [0.1, 0.15) is 11.8 Å². The van der Waals surface area contributed by atoms with Crippen molar-refractivity contribution in [3.05, 3.63) is 45.2 Å². The first kappa shape index (κ1) is 14.7. The Balaban J connectivity index is 2.12. The van der Waals surface area contributed by atoms with Gasteiger partial charge in [-0.25, -0.2) is 4.79 Å². The van der Waals surface area contributed by atoms with Crippen LogP contribution in [0.4, 0.5) is 5.69 Å². The van der Waals surface area contributed by atoms with Crippen LogP contribution in [0.3, 0.4) is 0 Å². The van der Waals surface area contributed by atoms with Crippen molar-refractivity contribution in [2.45, 2.75) is 13.5 Å². The van der Waals surface area contributed by atoms with Crippen molar-refractivity contribution in [1.82, 2.24) is 9.78 Å². The average molecular weight is 314 g/mol. The summed E-state index contributed by atoms with van der Waals surface area (Å²) in [7, 11) is 1.72. The second-order valence-electron chi connectivity index (χ2n) is 4.29. The molecule has 2 aromatic rings. The van der Waals surface area contributed by atoms with Crippen molar-refractivity contribution < 1.29 is 9.53 Å². The SMILES string of the molecule is Cc1nn(C)c(Cl)c1COC(=O)c1ccc(Cl)cc1N. The number of nitrogens with zero attached hydrogens (tertiary/aromatic N) is 2. The molecule has 7 heteroatoms. The molecule has 0 aliphatic rings. The van der Waals surface area contributed by atoms with E-state index in [1.54, 1.807) is 20.0 Å². The number of rotatable bonds is 3. The fourth-order valence-electron chi connectivity index (χ4n) is 1.77. The minimum absolute atomic E-state index is 0.0411. The molecule has 1 aromatic heterocycles. The molecule has 1 aromatic carbocycles. The molecular formula is C13H13Cl2N3O2. The van der Waals surface area contributed by atoms with E-state index >= 15 is 0 Å². The fraction of sp³-hybridized carbons (Fsp3) is 0.231. The minimum atomic E-state index is -0.529. The van der Waals surface area contributed by atoms with Gasteiger partial charge in [0, 0.05) is 23.3 Å². The lowest BCUT2D eigenvalue weighted by Gasteiger charge is -2.07. The molecule has 2 rings (SSSR count). The minimum Gasteiger partial charge on any atom is -0.457 e. The van der Waals surface area contributed by atoms with Gasteiger partial charge in [0.15, 0.2) is 0 Å². The van der Waals surface area contributed by atoms with E-state index in [9.17, 15) is 4.79 Å². The predicted octanol–water partition coefficient (Wildman–Crippen LogP) is 2.97. The van der Waals surface area contributed by atoms with Crippen LogP contribution in [0, 0.1) is 6.92 Å². The third-order valence-electron chi connectivity index (χ3n) is 2.85. The van der Waals surface area contributed by atoms with Crippen molar-refractivity contribution in [3.8, 4) is 0 Å². The van der Waals surface area contributed by atoms with Crippen LogP contribution in [0.5, 0.6) is 0 Å². The first-order chi connectivity index (χ1) is 9.40. The number of carbonyl (C=O) groups is 1. The molecule has 0 fully saturated rings. The first-order valence-corrected chi connectivity index (χ1v) is 6.56. The van der Waals surface area contributed by atoms with Gasteiger partial charge in [-0.15, -0.1) is 0 Å². The molecule has 0 aliphatic carbocycles. The van der Waals surface area contributed by atoms with Gasteiger partial charge in [-0.1, -0.05) is 23.2 Å². The summed E-state index contributed by atoms with van der Waals surface area (Å²) < 4.78 is 6.73. The number of hydrogen-bond acceptors (Lipinski definition) is 4. The Morgan fingerprint density at radius 2 is 2.15 bits per heavy atom. The number of ether oxygens (including phenoxy) is 1. The molecule has 0 amide bonds. The number of carbonyl (C=O) groups excluding carboxylic acids is 1.